The Morgan fingerprint density at radius 2 is 2.00 bits per heavy atom. The SMILES string of the molecule is C[Si](C)(C)Oc1cc([N+](=O)[O-])ccc1C=O. The van der Waals surface area contributed by atoms with Gasteiger partial charge in [0.05, 0.1) is 16.6 Å². The molecule has 86 valence electrons. The van der Waals surface area contributed by atoms with E-state index in [9.17, 15) is 14.9 Å². The number of carbonyl (C=O) groups is 1. The van der Waals surface area contributed by atoms with Crippen molar-refractivity contribution in [2.45, 2.75) is 19.6 Å². The molecule has 0 fully saturated rings. The summed E-state index contributed by atoms with van der Waals surface area (Å²) in [4.78, 5) is 20.8. The molecule has 0 saturated carbocycles. The highest BCUT2D eigenvalue weighted by Crippen LogP contribution is 2.25. The molecule has 16 heavy (non-hydrogen) atoms. The highest BCUT2D eigenvalue weighted by molar-refractivity contribution is 6.70. The van der Waals surface area contributed by atoms with Crippen LogP contribution in [-0.2, 0) is 0 Å². The monoisotopic (exact) mass is 239 g/mol. The number of nitrogens with zero attached hydrogens (tertiary/aromatic N) is 1. The highest BCUT2D eigenvalue weighted by Gasteiger charge is 2.20. The van der Waals surface area contributed by atoms with E-state index in [0.717, 1.165) is 0 Å². The molecule has 0 atom stereocenters. The summed E-state index contributed by atoms with van der Waals surface area (Å²) >= 11 is 0. The summed E-state index contributed by atoms with van der Waals surface area (Å²) in [5.74, 6) is 0.295. The third-order valence-corrected chi connectivity index (χ3v) is 2.58. The maximum absolute atomic E-state index is 10.8. The Morgan fingerprint density at radius 3 is 2.44 bits per heavy atom. The van der Waals surface area contributed by atoms with E-state index in [4.69, 9.17) is 4.43 Å². The molecule has 0 unspecified atom stereocenters. The van der Waals surface area contributed by atoms with Crippen molar-refractivity contribution in [2.24, 2.45) is 0 Å². The predicted molar refractivity (Wildman–Crippen MR) is 62.5 cm³/mol. The van der Waals surface area contributed by atoms with E-state index in [1.165, 1.54) is 18.2 Å². The number of non-ortho nitro benzene ring substituents is 1. The Labute approximate surface area is 94.3 Å². The number of nitro benzene ring substituents is 1. The van der Waals surface area contributed by atoms with Crippen LogP contribution in [0.4, 0.5) is 5.69 Å². The van der Waals surface area contributed by atoms with Crippen molar-refractivity contribution in [3.8, 4) is 5.75 Å². The van der Waals surface area contributed by atoms with Crippen LogP contribution in [0.1, 0.15) is 10.4 Å². The van der Waals surface area contributed by atoms with E-state index in [2.05, 4.69) is 0 Å². The van der Waals surface area contributed by atoms with Crippen LogP contribution in [-0.4, -0.2) is 19.5 Å². The number of carbonyl (C=O) groups excluding carboxylic acids is 1. The van der Waals surface area contributed by atoms with E-state index in [-0.39, 0.29) is 5.69 Å². The van der Waals surface area contributed by atoms with Crippen molar-refractivity contribution in [1.82, 2.24) is 0 Å². The van der Waals surface area contributed by atoms with Gasteiger partial charge in [0.2, 0.25) is 8.32 Å². The normalized spacial score (nSPS) is 10.9. The molecule has 0 bridgehead atoms. The van der Waals surface area contributed by atoms with Gasteiger partial charge in [0, 0.05) is 6.07 Å². The molecule has 1 aromatic carbocycles. The van der Waals surface area contributed by atoms with E-state index in [0.29, 0.717) is 17.6 Å². The van der Waals surface area contributed by atoms with E-state index >= 15 is 0 Å². The molecule has 5 nitrogen and oxygen atoms in total. The molecule has 0 aromatic heterocycles. The van der Waals surface area contributed by atoms with Gasteiger partial charge in [-0.15, -0.1) is 0 Å². The summed E-state index contributed by atoms with van der Waals surface area (Å²) in [6.07, 6.45) is 0.638. The lowest BCUT2D eigenvalue weighted by molar-refractivity contribution is -0.384. The van der Waals surface area contributed by atoms with Crippen molar-refractivity contribution in [1.29, 1.82) is 0 Å². The van der Waals surface area contributed by atoms with Gasteiger partial charge in [-0.3, -0.25) is 14.9 Å². The average molecular weight is 239 g/mol. The fourth-order valence-corrected chi connectivity index (χ4v) is 1.99. The first-order chi connectivity index (χ1) is 7.33. The lowest BCUT2D eigenvalue weighted by Gasteiger charge is -2.19. The van der Waals surface area contributed by atoms with Crippen molar-refractivity contribution >= 4 is 20.3 Å². The molecule has 0 heterocycles. The Kier molecular flexibility index (Phi) is 3.43. The smallest absolute Gasteiger partial charge is 0.273 e. The molecule has 0 aliphatic rings. The molecule has 0 radical (unpaired) electrons. The van der Waals surface area contributed by atoms with Gasteiger partial charge < -0.3 is 4.43 Å². The van der Waals surface area contributed by atoms with E-state index < -0.39 is 13.2 Å². The summed E-state index contributed by atoms with van der Waals surface area (Å²) in [5.41, 5.74) is 0.270. The Hall–Kier alpha value is -1.69. The van der Waals surface area contributed by atoms with Crippen LogP contribution in [0.15, 0.2) is 18.2 Å². The minimum atomic E-state index is -1.88. The predicted octanol–water partition coefficient (Wildman–Crippen LogP) is 2.62. The molecular weight excluding hydrogens is 226 g/mol. The van der Waals surface area contributed by atoms with Crippen molar-refractivity contribution in [3.05, 3.63) is 33.9 Å². The van der Waals surface area contributed by atoms with Crippen LogP contribution in [0, 0.1) is 10.1 Å². The number of hydrogen-bond acceptors (Lipinski definition) is 4. The summed E-state index contributed by atoms with van der Waals surface area (Å²) in [6.45, 7) is 5.83. The standard InChI is InChI=1S/C10H13NO4Si/c1-16(2,3)15-10-6-9(11(13)14)5-4-8(10)7-12/h4-7H,1-3H3. The number of aldehydes is 1. The molecule has 0 aliphatic heterocycles. The van der Waals surface area contributed by atoms with Gasteiger partial charge in [-0.05, 0) is 25.7 Å². The number of benzene rings is 1. The molecular formula is C10H13NO4Si. The maximum Gasteiger partial charge on any atom is 0.273 e. The maximum atomic E-state index is 10.8. The van der Waals surface area contributed by atoms with Crippen LogP contribution < -0.4 is 4.43 Å². The minimum absolute atomic E-state index is 0.0705. The fraction of sp³-hybridized carbons (Fsp3) is 0.300. The Balaban J connectivity index is 3.17. The van der Waals surface area contributed by atoms with E-state index in [1.54, 1.807) is 0 Å². The van der Waals surface area contributed by atoms with Crippen LogP contribution in [0.3, 0.4) is 0 Å². The zero-order valence-corrected chi connectivity index (χ0v) is 10.4. The molecule has 1 rings (SSSR count). The van der Waals surface area contributed by atoms with Gasteiger partial charge in [0.1, 0.15) is 5.75 Å². The molecule has 0 N–H and O–H groups in total. The van der Waals surface area contributed by atoms with Crippen LogP contribution in [0.5, 0.6) is 5.75 Å². The first-order valence-electron chi connectivity index (χ1n) is 4.76. The van der Waals surface area contributed by atoms with Crippen LogP contribution in [0.2, 0.25) is 19.6 Å². The van der Waals surface area contributed by atoms with E-state index in [1.807, 2.05) is 19.6 Å². The topological polar surface area (TPSA) is 69.4 Å². The third kappa shape index (κ3) is 3.16. The van der Waals surface area contributed by atoms with Crippen molar-refractivity contribution < 1.29 is 14.1 Å². The summed E-state index contributed by atoms with van der Waals surface area (Å²) in [6, 6.07) is 3.99. The summed E-state index contributed by atoms with van der Waals surface area (Å²) in [5, 5.41) is 10.6. The highest BCUT2D eigenvalue weighted by atomic mass is 28.4. The molecule has 0 saturated heterocycles. The lowest BCUT2D eigenvalue weighted by atomic mass is 10.2. The first kappa shape index (κ1) is 12.4. The van der Waals surface area contributed by atoms with Gasteiger partial charge in [-0.2, -0.15) is 0 Å². The average Bonchev–Trinajstić information content (AvgIpc) is 2.15. The van der Waals surface area contributed by atoms with Gasteiger partial charge >= 0.3 is 0 Å². The van der Waals surface area contributed by atoms with Crippen molar-refractivity contribution in [2.75, 3.05) is 0 Å². The zero-order valence-electron chi connectivity index (χ0n) is 9.39. The zero-order chi connectivity index (χ0) is 12.3. The van der Waals surface area contributed by atoms with Crippen LogP contribution in [0.25, 0.3) is 0 Å². The quantitative estimate of drug-likeness (QED) is 0.350. The van der Waals surface area contributed by atoms with Crippen molar-refractivity contribution in [3.63, 3.8) is 0 Å². The van der Waals surface area contributed by atoms with Gasteiger partial charge in [0.15, 0.2) is 6.29 Å². The molecule has 6 heteroatoms. The Bertz CT molecular complexity index is 425. The van der Waals surface area contributed by atoms with Gasteiger partial charge in [-0.25, -0.2) is 0 Å². The molecule has 0 spiro atoms. The third-order valence-electron chi connectivity index (χ3n) is 1.75. The number of rotatable bonds is 4. The minimum Gasteiger partial charge on any atom is -0.544 e. The lowest BCUT2D eigenvalue weighted by Crippen LogP contribution is -2.29. The molecule has 0 amide bonds. The summed E-state index contributed by atoms with van der Waals surface area (Å²) < 4.78 is 5.62. The van der Waals surface area contributed by atoms with Gasteiger partial charge in [-0.1, -0.05) is 0 Å². The fourth-order valence-electron chi connectivity index (χ4n) is 1.15. The summed E-state index contributed by atoms with van der Waals surface area (Å²) in [7, 11) is -1.88. The number of hydrogen-bond donors (Lipinski definition) is 0. The van der Waals surface area contributed by atoms with Crippen LogP contribution >= 0.6 is 0 Å². The number of nitro groups is 1. The molecule has 0 aliphatic carbocycles. The second-order valence-corrected chi connectivity index (χ2v) is 8.74. The largest absolute Gasteiger partial charge is 0.544 e. The molecule has 1 aromatic rings. The second-order valence-electron chi connectivity index (χ2n) is 4.31. The second kappa shape index (κ2) is 4.44. The van der Waals surface area contributed by atoms with Gasteiger partial charge in [0.25, 0.3) is 5.69 Å². The Morgan fingerprint density at radius 1 is 1.38 bits per heavy atom. The first-order valence-corrected chi connectivity index (χ1v) is 8.17.